The molecular formula is C17H24ClN3O2. The molecule has 1 aromatic heterocycles. The highest BCUT2D eigenvalue weighted by atomic mass is 35.5. The summed E-state index contributed by atoms with van der Waals surface area (Å²) in [4.78, 5) is 4.62. The molecule has 0 spiro atoms. The molecule has 1 heterocycles. The molecule has 5 nitrogen and oxygen atoms in total. The van der Waals surface area contributed by atoms with Crippen LogP contribution in [0.2, 0.25) is 5.02 Å². The Hall–Kier alpha value is -1.59. The highest BCUT2D eigenvalue weighted by Gasteiger charge is 2.19. The molecule has 1 aromatic carbocycles. The van der Waals surface area contributed by atoms with Gasteiger partial charge in [0.1, 0.15) is 11.6 Å². The molecule has 0 atom stereocenters. The van der Waals surface area contributed by atoms with Gasteiger partial charge in [0.2, 0.25) is 0 Å². The van der Waals surface area contributed by atoms with E-state index in [0.717, 1.165) is 23.6 Å². The molecule has 23 heavy (non-hydrogen) atoms. The second-order valence-electron chi connectivity index (χ2n) is 6.97. The third-order valence-electron chi connectivity index (χ3n) is 3.29. The van der Waals surface area contributed by atoms with E-state index < -0.39 is 5.60 Å². The van der Waals surface area contributed by atoms with E-state index in [9.17, 15) is 10.2 Å². The lowest BCUT2D eigenvalue weighted by molar-refractivity contribution is 0.0566. The standard InChI is InChI=1S/C17H24ClN3O2/c1-11(2)7-15-19-16(21(20-15)10-17(3,4)23)9-12-5-6-14(22)13(18)8-12/h5-6,8,11,22-23H,7,9-10H2,1-4H3. The summed E-state index contributed by atoms with van der Waals surface area (Å²) >= 11 is 5.97. The monoisotopic (exact) mass is 337 g/mol. The van der Waals surface area contributed by atoms with Gasteiger partial charge in [-0.1, -0.05) is 31.5 Å². The molecule has 0 aliphatic carbocycles. The molecule has 0 saturated heterocycles. The van der Waals surface area contributed by atoms with Crippen molar-refractivity contribution in [3.63, 3.8) is 0 Å². The average Bonchev–Trinajstić information content (AvgIpc) is 2.72. The lowest BCUT2D eigenvalue weighted by atomic mass is 10.1. The lowest BCUT2D eigenvalue weighted by Crippen LogP contribution is -2.28. The molecule has 126 valence electrons. The molecule has 0 aliphatic heterocycles. The van der Waals surface area contributed by atoms with Crippen molar-refractivity contribution < 1.29 is 10.2 Å². The first-order valence-corrected chi connectivity index (χ1v) is 8.14. The lowest BCUT2D eigenvalue weighted by Gasteiger charge is -2.18. The van der Waals surface area contributed by atoms with Crippen LogP contribution in [0.25, 0.3) is 0 Å². The van der Waals surface area contributed by atoms with Gasteiger partial charge in [-0.05, 0) is 37.5 Å². The van der Waals surface area contributed by atoms with Gasteiger partial charge < -0.3 is 10.2 Å². The first kappa shape index (κ1) is 17.8. The Morgan fingerprint density at radius 3 is 2.57 bits per heavy atom. The van der Waals surface area contributed by atoms with E-state index >= 15 is 0 Å². The van der Waals surface area contributed by atoms with Crippen molar-refractivity contribution in [2.75, 3.05) is 0 Å². The zero-order chi connectivity index (χ0) is 17.2. The van der Waals surface area contributed by atoms with Crippen LogP contribution in [0, 0.1) is 5.92 Å². The largest absolute Gasteiger partial charge is 0.506 e. The van der Waals surface area contributed by atoms with Crippen molar-refractivity contribution in [3.05, 3.63) is 40.4 Å². The number of nitrogens with zero attached hydrogens (tertiary/aromatic N) is 3. The predicted molar refractivity (Wildman–Crippen MR) is 90.8 cm³/mol. The van der Waals surface area contributed by atoms with Gasteiger partial charge in [-0.2, -0.15) is 5.10 Å². The smallest absolute Gasteiger partial charge is 0.151 e. The van der Waals surface area contributed by atoms with E-state index in [0.29, 0.717) is 23.9 Å². The summed E-state index contributed by atoms with van der Waals surface area (Å²) < 4.78 is 1.76. The fourth-order valence-electron chi connectivity index (χ4n) is 2.34. The summed E-state index contributed by atoms with van der Waals surface area (Å²) in [5.74, 6) is 2.09. The summed E-state index contributed by atoms with van der Waals surface area (Å²) in [6, 6.07) is 5.11. The molecule has 2 N–H and O–H groups in total. The SMILES string of the molecule is CC(C)Cc1nc(Cc2ccc(O)c(Cl)c2)n(CC(C)(C)O)n1. The Kier molecular flexibility index (Phi) is 5.32. The second kappa shape index (κ2) is 6.89. The van der Waals surface area contributed by atoms with Gasteiger partial charge >= 0.3 is 0 Å². The van der Waals surface area contributed by atoms with Crippen molar-refractivity contribution >= 4 is 11.6 Å². The van der Waals surface area contributed by atoms with Crippen molar-refractivity contribution in [1.82, 2.24) is 14.8 Å². The minimum atomic E-state index is -0.871. The van der Waals surface area contributed by atoms with Gasteiger partial charge in [0.25, 0.3) is 0 Å². The van der Waals surface area contributed by atoms with E-state index in [1.807, 2.05) is 6.07 Å². The summed E-state index contributed by atoms with van der Waals surface area (Å²) in [5, 5.41) is 24.5. The zero-order valence-electron chi connectivity index (χ0n) is 14.0. The molecule has 0 radical (unpaired) electrons. The first-order valence-electron chi connectivity index (χ1n) is 7.76. The van der Waals surface area contributed by atoms with Crippen LogP contribution >= 0.6 is 11.6 Å². The van der Waals surface area contributed by atoms with E-state index in [1.54, 1.807) is 30.7 Å². The van der Waals surface area contributed by atoms with Crippen molar-refractivity contribution in [1.29, 1.82) is 0 Å². The fourth-order valence-corrected chi connectivity index (χ4v) is 2.55. The number of phenolic OH excluding ortho intramolecular Hbond substituents is 1. The third-order valence-corrected chi connectivity index (χ3v) is 3.60. The van der Waals surface area contributed by atoms with Gasteiger partial charge in [0.05, 0.1) is 17.2 Å². The molecular weight excluding hydrogens is 314 g/mol. The van der Waals surface area contributed by atoms with Gasteiger partial charge in [-0.15, -0.1) is 0 Å². The maximum Gasteiger partial charge on any atom is 0.151 e. The van der Waals surface area contributed by atoms with Crippen molar-refractivity contribution in [2.24, 2.45) is 5.92 Å². The Morgan fingerprint density at radius 1 is 1.30 bits per heavy atom. The van der Waals surface area contributed by atoms with Gasteiger partial charge in [-0.25, -0.2) is 9.67 Å². The molecule has 0 fully saturated rings. The quantitative estimate of drug-likeness (QED) is 0.849. The molecule has 0 aliphatic rings. The second-order valence-corrected chi connectivity index (χ2v) is 7.38. The summed E-state index contributed by atoms with van der Waals surface area (Å²) in [6.07, 6.45) is 1.34. The number of rotatable bonds is 6. The van der Waals surface area contributed by atoms with Crippen LogP contribution in [-0.2, 0) is 19.4 Å². The molecule has 0 bridgehead atoms. The Labute approximate surface area is 141 Å². The molecule has 2 rings (SSSR count). The van der Waals surface area contributed by atoms with E-state index in [2.05, 4.69) is 23.9 Å². The molecule has 6 heteroatoms. The average molecular weight is 338 g/mol. The van der Waals surface area contributed by atoms with Gasteiger partial charge in [-0.3, -0.25) is 0 Å². The van der Waals surface area contributed by atoms with Gasteiger partial charge in [0, 0.05) is 12.8 Å². The van der Waals surface area contributed by atoms with Crippen LogP contribution < -0.4 is 0 Å². The number of hydrogen-bond donors (Lipinski definition) is 2. The Balaban J connectivity index is 2.30. The molecule has 2 aromatic rings. The molecule has 0 amide bonds. The van der Waals surface area contributed by atoms with Gasteiger partial charge in [0.15, 0.2) is 5.82 Å². The summed E-state index contributed by atoms with van der Waals surface area (Å²) in [7, 11) is 0. The number of aliphatic hydroxyl groups is 1. The Bertz CT molecular complexity index is 675. The number of benzene rings is 1. The van der Waals surface area contributed by atoms with Crippen molar-refractivity contribution in [3.8, 4) is 5.75 Å². The number of halogens is 1. The number of hydrogen-bond acceptors (Lipinski definition) is 4. The predicted octanol–water partition coefficient (Wildman–Crippen LogP) is 3.20. The topological polar surface area (TPSA) is 71.2 Å². The number of aromatic nitrogens is 3. The van der Waals surface area contributed by atoms with E-state index in [1.165, 1.54) is 0 Å². The van der Waals surface area contributed by atoms with Crippen LogP contribution in [0.5, 0.6) is 5.75 Å². The van der Waals surface area contributed by atoms with E-state index in [-0.39, 0.29) is 5.75 Å². The zero-order valence-corrected chi connectivity index (χ0v) is 14.8. The van der Waals surface area contributed by atoms with E-state index in [4.69, 9.17) is 11.6 Å². The maximum absolute atomic E-state index is 10.1. The van der Waals surface area contributed by atoms with Crippen LogP contribution in [-0.4, -0.2) is 30.6 Å². The van der Waals surface area contributed by atoms with Crippen LogP contribution in [0.15, 0.2) is 18.2 Å². The number of aromatic hydroxyl groups is 1. The minimum Gasteiger partial charge on any atom is -0.506 e. The highest BCUT2D eigenvalue weighted by molar-refractivity contribution is 6.32. The molecule has 0 saturated carbocycles. The molecule has 0 unspecified atom stereocenters. The number of phenols is 1. The van der Waals surface area contributed by atoms with Crippen LogP contribution in [0.4, 0.5) is 0 Å². The normalized spacial score (nSPS) is 12.1. The first-order chi connectivity index (χ1) is 10.6. The fraction of sp³-hybridized carbons (Fsp3) is 0.529. The third kappa shape index (κ3) is 5.22. The highest BCUT2D eigenvalue weighted by Crippen LogP contribution is 2.25. The summed E-state index contributed by atoms with van der Waals surface area (Å²) in [5.41, 5.74) is 0.0674. The maximum atomic E-state index is 10.1. The minimum absolute atomic E-state index is 0.0638. The Morgan fingerprint density at radius 2 is 2.00 bits per heavy atom. The van der Waals surface area contributed by atoms with Crippen LogP contribution in [0.3, 0.4) is 0 Å². The van der Waals surface area contributed by atoms with Crippen molar-refractivity contribution in [2.45, 2.75) is 52.7 Å². The summed E-state index contributed by atoms with van der Waals surface area (Å²) in [6.45, 7) is 8.11. The van der Waals surface area contributed by atoms with Crippen LogP contribution in [0.1, 0.15) is 44.9 Å².